The highest BCUT2D eigenvalue weighted by atomic mass is 16.2. The maximum atomic E-state index is 12.1. The normalized spacial score (nSPS) is 10.5. The average molecular weight is 296 g/mol. The van der Waals surface area contributed by atoms with Crippen LogP contribution in [0.1, 0.15) is 23.1 Å². The van der Waals surface area contributed by atoms with Gasteiger partial charge in [0.25, 0.3) is 0 Å². The molecule has 3 heteroatoms. The van der Waals surface area contributed by atoms with Gasteiger partial charge in [0.1, 0.15) is 0 Å². The van der Waals surface area contributed by atoms with Crippen molar-refractivity contribution in [3.63, 3.8) is 0 Å². The Bertz CT molecular complexity index is 595. The van der Waals surface area contributed by atoms with Crippen molar-refractivity contribution in [2.45, 2.75) is 26.4 Å². The van der Waals surface area contributed by atoms with Crippen molar-refractivity contribution in [2.24, 2.45) is 0 Å². The van der Waals surface area contributed by atoms with E-state index in [4.69, 9.17) is 0 Å². The summed E-state index contributed by atoms with van der Waals surface area (Å²) in [5.41, 5.74) is 3.72. The van der Waals surface area contributed by atoms with E-state index in [2.05, 4.69) is 24.4 Å². The molecule has 0 fully saturated rings. The lowest BCUT2D eigenvalue weighted by Gasteiger charge is -2.17. The molecule has 0 heterocycles. The van der Waals surface area contributed by atoms with Gasteiger partial charge in [-0.15, -0.1) is 0 Å². The maximum Gasteiger partial charge on any atom is 0.223 e. The first-order valence-electron chi connectivity index (χ1n) is 7.70. The van der Waals surface area contributed by atoms with Crippen LogP contribution in [0.4, 0.5) is 0 Å². The minimum atomic E-state index is 0.168. The van der Waals surface area contributed by atoms with E-state index in [0.29, 0.717) is 19.5 Å². The van der Waals surface area contributed by atoms with Gasteiger partial charge >= 0.3 is 0 Å². The Morgan fingerprint density at radius 3 is 2.45 bits per heavy atom. The number of hydrogen-bond donors (Lipinski definition) is 1. The Hall–Kier alpha value is -2.13. The van der Waals surface area contributed by atoms with Gasteiger partial charge in [-0.2, -0.15) is 0 Å². The maximum absolute atomic E-state index is 12.1. The summed E-state index contributed by atoms with van der Waals surface area (Å²) in [4.78, 5) is 13.9. The summed E-state index contributed by atoms with van der Waals surface area (Å²) in [5, 5.41) is 3.34. The van der Waals surface area contributed by atoms with Crippen LogP contribution in [-0.4, -0.2) is 24.4 Å². The Labute approximate surface area is 133 Å². The van der Waals surface area contributed by atoms with E-state index >= 15 is 0 Å². The SMILES string of the molecule is Cc1ccccc1CNCCC(=O)N(C)Cc1ccccc1. The van der Waals surface area contributed by atoms with Gasteiger partial charge in [-0.3, -0.25) is 4.79 Å². The van der Waals surface area contributed by atoms with E-state index in [0.717, 1.165) is 12.1 Å². The van der Waals surface area contributed by atoms with E-state index < -0.39 is 0 Å². The van der Waals surface area contributed by atoms with Crippen LogP contribution >= 0.6 is 0 Å². The summed E-state index contributed by atoms with van der Waals surface area (Å²) in [6, 6.07) is 18.4. The minimum absolute atomic E-state index is 0.168. The number of carbonyl (C=O) groups is 1. The van der Waals surface area contributed by atoms with Crippen molar-refractivity contribution in [3.8, 4) is 0 Å². The third kappa shape index (κ3) is 5.01. The van der Waals surface area contributed by atoms with Crippen LogP contribution in [0.25, 0.3) is 0 Å². The van der Waals surface area contributed by atoms with Crippen molar-refractivity contribution >= 4 is 5.91 Å². The third-order valence-electron chi connectivity index (χ3n) is 3.78. The van der Waals surface area contributed by atoms with Crippen molar-refractivity contribution in [3.05, 3.63) is 71.3 Å². The van der Waals surface area contributed by atoms with E-state index in [1.54, 1.807) is 4.90 Å². The monoisotopic (exact) mass is 296 g/mol. The van der Waals surface area contributed by atoms with Crippen LogP contribution in [0.5, 0.6) is 0 Å². The average Bonchev–Trinajstić information content (AvgIpc) is 2.53. The zero-order valence-electron chi connectivity index (χ0n) is 13.4. The molecule has 0 aromatic heterocycles. The first-order chi connectivity index (χ1) is 10.7. The van der Waals surface area contributed by atoms with E-state index in [9.17, 15) is 4.79 Å². The van der Waals surface area contributed by atoms with Gasteiger partial charge in [0.05, 0.1) is 0 Å². The zero-order chi connectivity index (χ0) is 15.8. The number of hydrogen-bond acceptors (Lipinski definition) is 2. The molecule has 22 heavy (non-hydrogen) atoms. The van der Waals surface area contributed by atoms with Crippen LogP contribution in [0.15, 0.2) is 54.6 Å². The van der Waals surface area contributed by atoms with Crippen LogP contribution in [0.3, 0.4) is 0 Å². The Kier molecular flexibility index (Phi) is 6.16. The van der Waals surface area contributed by atoms with E-state index in [1.807, 2.05) is 49.5 Å². The van der Waals surface area contributed by atoms with Crippen LogP contribution in [0.2, 0.25) is 0 Å². The number of aryl methyl sites for hydroxylation is 1. The quantitative estimate of drug-likeness (QED) is 0.796. The molecule has 116 valence electrons. The van der Waals surface area contributed by atoms with Gasteiger partial charge in [0.15, 0.2) is 0 Å². The highest BCUT2D eigenvalue weighted by Crippen LogP contribution is 2.06. The molecule has 2 rings (SSSR count). The molecule has 0 spiro atoms. The fraction of sp³-hybridized carbons (Fsp3) is 0.316. The second kappa shape index (κ2) is 8.35. The van der Waals surface area contributed by atoms with Gasteiger partial charge in [-0.25, -0.2) is 0 Å². The number of amides is 1. The fourth-order valence-corrected chi connectivity index (χ4v) is 2.36. The summed E-state index contributed by atoms with van der Waals surface area (Å²) in [6.07, 6.45) is 0.523. The number of nitrogens with one attached hydrogen (secondary N) is 1. The summed E-state index contributed by atoms with van der Waals surface area (Å²) in [5.74, 6) is 0.168. The lowest BCUT2D eigenvalue weighted by atomic mass is 10.1. The molecule has 0 saturated carbocycles. The first kappa shape index (κ1) is 16.2. The summed E-state index contributed by atoms with van der Waals surface area (Å²) in [7, 11) is 1.86. The standard InChI is InChI=1S/C19H24N2O/c1-16-8-6-7-11-18(16)14-20-13-12-19(22)21(2)15-17-9-4-3-5-10-17/h3-11,20H,12-15H2,1-2H3. The van der Waals surface area contributed by atoms with Crippen molar-refractivity contribution in [1.82, 2.24) is 10.2 Å². The van der Waals surface area contributed by atoms with Crippen LogP contribution < -0.4 is 5.32 Å². The number of rotatable bonds is 7. The number of carbonyl (C=O) groups excluding carboxylic acids is 1. The van der Waals surface area contributed by atoms with Gasteiger partial charge in [0.2, 0.25) is 5.91 Å². The number of benzene rings is 2. The lowest BCUT2D eigenvalue weighted by Crippen LogP contribution is -2.29. The molecular weight excluding hydrogens is 272 g/mol. The topological polar surface area (TPSA) is 32.3 Å². The minimum Gasteiger partial charge on any atom is -0.341 e. The smallest absolute Gasteiger partial charge is 0.223 e. The molecule has 0 aliphatic heterocycles. The van der Waals surface area contributed by atoms with E-state index in [1.165, 1.54) is 11.1 Å². The Morgan fingerprint density at radius 1 is 1.05 bits per heavy atom. The molecule has 1 amide bonds. The molecule has 0 bridgehead atoms. The molecule has 0 aliphatic rings. The van der Waals surface area contributed by atoms with Crippen molar-refractivity contribution in [2.75, 3.05) is 13.6 Å². The highest BCUT2D eigenvalue weighted by Gasteiger charge is 2.08. The summed E-state index contributed by atoms with van der Waals surface area (Å²) < 4.78 is 0. The molecule has 0 aliphatic carbocycles. The molecule has 0 radical (unpaired) electrons. The van der Waals surface area contributed by atoms with Crippen molar-refractivity contribution in [1.29, 1.82) is 0 Å². The highest BCUT2D eigenvalue weighted by molar-refractivity contribution is 5.76. The van der Waals surface area contributed by atoms with Gasteiger partial charge in [0, 0.05) is 33.1 Å². The van der Waals surface area contributed by atoms with Gasteiger partial charge in [-0.1, -0.05) is 54.6 Å². The second-order valence-electron chi connectivity index (χ2n) is 5.59. The summed E-state index contributed by atoms with van der Waals surface area (Å²) >= 11 is 0. The van der Waals surface area contributed by atoms with Crippen LogP contribution in [-0.2, 0) is 17.9 Å². The molecule has 0 unspecified atom stereocenters. The Morgan fingerprint density at radius 2 is 1.73 bits per heavy atom. The van der Waals surface area contributed by atoms with Crippen LogP contribution in [0, 0.1) is 6.92 Å². The first-order valence-corrected chi connectivity index (χ1v) is 7.70. The molecule has 2 aromatic rings. The predicted octanol–water partition coefficient (Wildman–Crippen LogP) is 3.13. The molecular formula is C19H24N2O. The van der Waals surface area contributed by atoms with Gasteiger partial charge in [-0.05, 0) is 23.6 Å². The summed E-state index contributed by atoms with van der Waals surface area (Å²) in [6.45, 7) is 4.28. The molecule has 0 atom stereocenters. The molecule has 0 saturated heterocycles. The largest absolute Gasteiger partial charge is 0.341 e. The fourth-order valence-electron chi connectivity index (χ4n) is 2.36. The molecule has 3 nitrogen and oxygen atoms in total. The predicted molar refractivity (Wildman–Crippen MR) is 90.4 cm³/mol. The zero-order valence-corrected chi connectivity index (χ0v) is 13.4. The second-order valence-corrected chi connectivity index (χ2v) is 5.59. The Balaban J connectivity index is 1.70. The third-order valence-corrected chi connectivity index (χ3v) is 3.78. The van der Waals surface area contributed by atoms with E-state index in [-0.39, 0.29) is 5.91 Å². The molecule has 2 aromatic carbocycles. The molecule has 1 N–H and O–H groups in total. The van der Waals surface area contributed by atoms with Crippen molar-refractivity contribution < 1.29 is 4.79 Å². The number of nitrogens with zero attached hydrogens (tertiary/aromatic N) is 1. The lowest BCUT2D eigenvalue weighted by molar-refractivity contribution is -0.130. The van der Waals surface area contributed by atoms with Gasteiger partial charge < -0.3 is 10.2 Å².